The number of amides is 1. The lowest BCUT2D eigenvalue weighted by molar-refractivity contribution is -0.0305. The number of morpholine rings is 1. The zero-order chi connectivity index (χ0) is 11.8. The van der Waals surface area contributed by atoms with Crippen molar-refractivity contribution >= 4 is 17.5 Å². The molecule has 5 heteroatoms. The third-order valence-corrected chi connectivity index (χ3v) is 3.48. The molecule has 1 aromatic heterocycles. The fourth-order valence-corrected chi connectivity index (χ4v) is 2.63. The molecule has 2 saturated heterocycles. The van der Waals surface area contributed by atoms with Gasteiger partial charge in [-0.3, -0.25) is 4.79 Å². The van der Waals surface area contributed by atoms with Crippen LogP contribution in [0.25, 0.3) is 0 Å². The first-order chi connectivity index (χ1) is 8.22. The highest BCUT2D eigenvalue weighted by molar-refractivity contribution is 6.29. The molecule has 2 bridgehead atoms. The maximum Gasteiger partial charge on any atom is 0.272 e. The summed E-state index contributed by atoms with van der Waals surface area (Å²) < 4.78 is 5.70. The van der Waals surface area contributed by atoms with Crippen molar-refractivity contribution in [3.63, 3.8) is 0 Å². The smallest absolute Gasteiger partial charge is 0.272 e. The first-order valence-corrected chi connectivity index (χ1v) is 6.17. The van der Waals surface area contributed by atoms with Gasteiger partial charge in [-0.2, -0.15) is 0 Å². The molecule has 0 radical (unpaired) electrons. The van der Waals surface area contributed by atoms with Gasteiger partial charge in [0.2, 0.25) is 0 Å². The lowest BCUT2D eigenvalue weighted by atomic mass is 10.2. The van der Waals surface area contributed by atoms with E-state index in [1.165, 1.54) is 0 Å². The summed E-state index contributed by atoms with van der Waals surface area (Å²) in [5.41, 5.74) is 0.416. The maximum absolute atomic E-state index is 12.2. The summed E-state index contributed by atoms with van der Waals surface area (Å²) in [6, 6.07) is 5.12. The van der Waals surface area contributed by atoms with Crippen LogP contribution in [0, 0.1) is 0 Å². The van der Waals surface area contributed by atoms with Crippen molar-refractivity contribution in [1.29, 1.82) is 0 Å². The van der Waals surface area contributed by atoms with Crippen LogP contribution in [0.3, 0.4) is 0 Å². The molecule has 2 fully saturated rings. The van der Waals surface area contributed by atoms with Gasteiger partial charge in [-0.1, -0.05) is 17.7 Å². The van der Waals surface area contributed by atoms with E-state index in [-0.39, 0.29) is 18.1 Å². The highest BCUT2D eigenvalue weighted by Crippen LogP contribution is 2.26. The number of aromatic nitrogens is 1. The third-order valence-electron chi connectivity index (χ3n) is 3.27. The second-order valence-electron chi connectivity index (χ2n) is 4.51. The first-order valence-electron chi connectivity index (χ1n) is 5.79. The molecule has 90 valence electrons. The minimum absolute atomic E-state index is 0.0484. The van der Waals surface area contributed by atoms with Crippen LogP contribution in [0.1, 0.15) is 23.3 Å². The van der Waals surface area contributed by atoms with Gasteiger partial charge in [-0.15, -0.1) is 0 Å². The molecule has 1 amide bonds. The SMILES string of the molecule is O=C(c1cccc(Cl)n1)N1CC2CCC(C1)O2. The van der Waals surface area contributed by atoms with Crippen LogP contribution in [0.5, 0.6) is 0 Å². The second kappa shape index (κ2) is 4.27. The van der Waals surface area contributed by atoms with Gasteiger partial charge in [0.05, 0.1) is 12.2 Å². The summed E-state index contributed by atoms with van der Waals surface area (Å²) in [5.74, 6) is -0.0484. The number of pyridine rings is 1. The molecule has 0 aromatic carbocycles. The van der Waals surface area contributed by atoms with Gasteiger partial charge in [-0.05, 0) is 25.0 Å². The summed E-state index contributed by atoms with van der Waals surface area (Å²) in [7, 11) is 0. The van der Waals surface area contributed by atoms with Gasteiger partial charge < -0.3 is 9.64 Å². The maximum atomic E-state index is 12.2. The molecular formula is C12H13ClN2O2. The predicted molar refractivity (Wildman–Crippen MR) is 63.0 cm³/mol. The largest absolute Gasteiger partial charge is 0.371 e. The van der Waals surface area contributed by atoms with Crippen LogP contribution >= 0.6 is 11.6 Å². The Labute approximate surface area is 105 Å². The molecule has 3 rings (SSSR count). The number of likely N-dealkylation sites (tertiary alicyclic amines) is 1. The van der Waals surface area contributed by atoms with E-state index in [4.69, 9.17) is 16.3 Å². The Kier molecular flexibility index (Phi) is 2.76. The third kappa shape index (κ3) is 2.15. The summed E-state index contributed by atoms with van der Waals surface area (Å²) >= 11 is 5.79. The summed E-state index contributed by atoms with van der Waals surface area (Å²) in [4.78, 5) is 18.1. The summed E-state index contributed by atoms with van der Waals surface area (Å²) in [5, 5.41) is 0.354. The van der Waals surface area contributed by atoms with Crippen LogP contribution in [-0.2, 0) is 4.74 Å². The van der Waals surface area contributed by atoms with Crippen molar-refractivity contribution in [2.75, 3.05) is 13.1 Å². The van der Waals surface area contributed by atoms with Crippen molar-refractivity contribution in [3.05, 3.63) is 29.0 Å². The van der Waals surface area contributed by atoms with Gasteiger partial charge >= 0.3 is 0 Å². The highest BCUT2D eigenvalue weighted by Gasteiger charge is 2.36. The molecule has 1 aromatic rings. The molecule has 4 nitrogen and oxygen atoms in total. The molecule has 0 saturated carbocycles. The minimum atomic E-state index is -0.0484. The zero-order valence-corrected chi connectivity index (χ0v) is 10.1. The van der Waals surface area contributed by atoms with Crippen molar-refractivity contribution < 1.29 is 9.53 Å². The van der Waals surface area contributed by atoms with Crippen LogP contribution in [0.2, 0.25) is 5.15 Å². The Bertz CT molecular complexity index is 440. The quantitative estimate of drug-likeness (QED) is 0.715. The van der Waals surface area contributed by atoms with Crippen molar-refractivity contribution in [1.82, 2.24) is 9.88 Å². The first kappa shape index (κ1) is 11.0. The Morgan fingerprint density at radius 2 is 2.06 bits per heavy atom. The number of fused-ring (bicyclic) bond motifs is 2. The summed E-state index contributed by atoms with van der Waals surface area (Å²) in [6.45, 7) is 1.34. The Morgan fingerprint density at radius 1 is 1.35 bits per heavy atom. The number of carbonyl (C=O) groups is 1. The van der Waals surface area contributed by atoms with E-state index in [1.807, 2.05) is 4.90 Å². The molecule has 0 aliphatic carbocycles. The van der Waals surface area contributed by atoms with Crippen molar-refractivity contribution in [2.24, 2.45) is 0 Å². The molecule has 0 N–H and O–H groups in total. The van der Waals surface area contributed by atoms with E-state index in [0.29, 0.717) is 23.9 Å². The average molecular weight is 253 g/mol. The number of nitrogens with zero attached hydrogens (tertiary/aromatic N) is 2. The monoisotopic (exact) mass is 252 g/mol. The predicted octanol–water partition coefficient (Wildman–Crippen LogP) is 1.74. The van der Waals surface area contributed by atoms with Crippen molar-refractivity contribution in [2.45, 2.75) is 25.0 Å². The second-order valence-corrected chi connectivity index (χ2v) is 4.90. The van der Waals surface area contributed by atoms with E-state index in [1.54, 1.807) is 18.2 Å². The molecule has 3 heterocycles. The van der Waals surface area contributed by atoms with E-state index in [2.05, 4.69) is 4.98 Å². The van der Waals surface area contributed by atoms with Gasteiger partial charge in [0.15, 0.2) is 0 Å². The molecule has 2 aliphatic heterocycles. The van der Waals surface area contributed by atoms with E-state index >= 15 is 0 Å². The lowest BCUT2D eigenvalue weighted by Gasteiger charge is -2.31. The van der Waals surface area contributed by atoms with Crippen LogP contribution in [0.4, 0.5) is 0 Å². The topological polar surface area (TPSA) is 42.4 Å². The summed E-state index contributed by atoms with van der Waals surface area (Å²) in [6.07, 6.45) is 2.52. The molecule has 2 unspecified atom stereocenters. The molecule has 17 heavy (non-hydrogen) atoms. The van der Waals surface area contributed by atoms with Gasteiger partial charge in [-0.25, -0.2) is 4.98 Å². The normalized spacial score (nSPS) is 27.2. The number of rotatable bonds is 1. The lowest BCUT2D eigenvalue weighted by Crippen LogP contribution is -2.46. The Hall–Kier alpha value is -1.13. The molecule has 0 spiro atoms. The van der Waals surface area contributed by atoms with Gasteiger partial charge in [0.25, 0.3) is 5.91 Å². The molecule has 2 aliphatic rings. The number of halogens is 1. The number of ether oxygens (including phenoxy) is 1. The Morgan fingerprint density at radius 3 is 2.71 bits per heavy atom. The van der Waals surface area contributed by atoms with Gasteiger partial charge in [0, 0.05) is 13.1 Å². The molecular weight excluding hydrogens is 240 g/mol. The fraction of sp³-hybridized carbons (Fsp3) is 0.500. The Balaban J connectivity index is 1.78. The standard InChI is InChI=1S/C12H13ClN2O2/c13-11-3-1-2-10(14-11)12(16)15-6-8-4-5-9(7-15)17-8/h1-3,8-9H,4-7H2. The van der Waals surface area contributed by atoms with Gasteiger partial charge in [0.1, 0.15) is 10.8 Å². The van der Waals surface area contributed by atoms with Crippen LogP contribution < -0.4 is 0 Å². The molecule has 2 atom stereocenters. The highest BCUT2D eigenvalue weighted by atomic mass is 35.5. The van der Waals surface area contributed by atoms with Crippen LogP contribution in [-0.4, -0.2) is 41.1 Å². The van der Waals surface area contributed by atoms with Crippen LogP contribution in [0.15, 0.2) is 18.2 Å². The van der Waals surface area contributed by atoms with Crippen molar-refractivity contribution in [3.8, 4) is 0 Å². The number of hydrogen-bond acceptors (Lipinski definition) is 3. The minimum Gasteiger partial charge on any atom is -0.371 e. The fourth-order valence-electron chi connectivity index (χ4n) is 2.47. The average Bonchev–Trinajstić information content (AvgIpc) is 2.67. The number of carbonyl (C=O) groups excluding carboxylic acids is 1. The van der Waals surface area contributed by atoms with E-state index in [0.717, 1.165) is 12.8 Å². The zero-order valence-electron chi connectivity index (χ0n) is 9.30. The van der Waals surface area contributed by atoms with E-state index < -0.39 is 0 Å². The number of hydrogen-bond donors (Lipinski definition) is 0. The van der Waals surface area contributed by atoms with E-state index in [9.17, 15) is 4.79 Å².